The zero-order valence-electron chi connectivity index (χ0n) is 8.55. The summed E-state index contributed by atoms with van der Waals surface area (Å²) in [5.74, 6) is 0. The van der Waals surface area contributed by atoms with Crippen LogP contribution in [-0.2, 0) is 0 Å². The van der Waals surface area contributed by atoms with E-state index >= 15 is 0 Å². The summed E-state index contributed by atoms with van der Waals surface area (Å²) in [5, 5.41) is 4.22. The molecule has 0 amide bonds. The van der Waals surface area contributed by atoms with Gasteiger partial charge in [-0.2, -0.15) is 0 Å². The van der Waals surface area contributed by atoms with Gasteiger partial charge in [-0.15, -0.1) is 0 Å². The largest absolute Gasteiger partial charge is 0.378 e. The molecule has 0 radical (unpaired) electrons. The van der Waals surface area contributed by atoms with Crippen LogP contribution in [0.5, 0.6) is 0 Å². The fraction of sp³-hybridized carbons (Fsp3) is 0.455. The first-order valence-electron chi connectivity index (χ1n) is 4.88. The summed E-state index contributed by atoms with van der Waals surface area (Å²) in [5.41, 5.74) is 2.38. The summed E-state index contributed by atoms with van der Waals surface area (Å²) in [7, 11) is 4.04. The monoisotopic (exact) mass is 210 g/mol. The van der Waals surface area contributed by atoms with Gasteiger partial charge in [-0.1, -0.05) is 17.7 Å². The van der Waals surface area contributed by atoms with Gasteiger partial charge in [0.05, 0.1) is 0 Å². The molecule has 0 saturated carbocycles. The molecule has 1 N–H and O–H groups in total. The highest BCUT2D eigenvalue weighted by Crippen LogP contribution is 2.31. The second kappa shape index (κ2) is 3.79. The lowest BCUT2D eigenvalue weighted by molar-refractivity contribution is 0.383. The van der Waals surface area contributed by atoms with Gasteiger partial charge in [0, 0.05) is 30.8 Å². The highest BCUT2D eigenvalue weighted by molar-refractivity contribution is 6.31. The average molecular weight is 211 g/mol. The average Bonchev–Trinajstić information content (AvgIpc) is 2.04. The van der Waals surface area contributed by atoms with Crippen molar-refractivity contribution in [2.24, 2.45) is 0 Å². The number of hydrogen-bond acceptors (Lipinski definition) is 2. The number of nitrogens with zero attached hydrogens (tertiary/aromatic N) is 1. The fourth-order valence-electron chi connectivity index (χ4n) is 1.63. The van der Waals surface area contributed by atoms with Crippen LogP contribution in [0.4, 0.5) is 5.69 Å². The summed E-state index contributed by atoms with van der Waals surface area (Å²) >= 11 is 6.21. The maximum Gasteiger partial charge on any atom is 0.0474 e. The molecule has 1 heterocycles. The lowest BCUT2D eigenvalue weighted by Crippen LogP contribution is -2.35. The van der Waals surface area contributed by atoms with E-state index in [1.807, 2.05) is 20.2 Å². The first-order valence-corrected chi connectivity index (χ1v) is 5.26. The minimum atomic E-state index is 0.471. The van der Waals surface area contributed by atoms with Crippen molar-refractivity contribution in [3.8, 4) is 0 Å². The quantitative estimate of drug-likeness (QED) is 0.807. The number of halogens is 1. The Labute approximate surface area is 89.9 Å². The molecule has 2 nitrogen and oxygen atoms in total. The van der Waals surface area contributed by atoms with E-state index in [0.29, 0.717) is 6.04 Å². The van der Waals surface area contributed by atoms with Crippen LogP contribution in [0.15, 0.2) is 18.2 Å². The first kappa shape index (κ1) is 9.81. The van der Waals surface area contributed by atoms with Crippen LogP contribution in [0, 0.1) is 0 Å². The Morgan fingerprint density at radius 2 is 2.14 bits per heavy atom. The Balaban J connectivity index is 2.26. The lowest BCUT2D eigenvalue weighted by atomic mass is 9.98. The number of rotatable bonds is 2. The molecule has 0 spiro atoms. The van der Waals surface area contributed by atoms with Crippen LogP contribution in [0.1, 0.15) is 18.0 Å². The summed E-state index contributed by atoms with van der Waals surface area (Å²) in [6.45, 7) is 1.11. The molecule has 0 unspecified atom stereocenters. The number of hydrogen-bond donors (Lipinski definition) is 1. The summed E-state index contributed by atoms with van der Waals surface area (Å²) < 4.78 is 0. The number of nitrogens with one attached hydrogen (secondary N) is 1. The Bertz CT molecular complexity index is 332. The van der Waals surface area contributed by atoms with Gasteiger partial charge in [-0.25, -0.2) is 0 Å². The van der Waals surface area contributed by atoms with Crippen molar-refractivity contribution in [2.75, 3.05) is 25.5 Å². The van der Waals surface area contributed by atoms with Crippen molar-refractivity contribution < 1.29 is 0 Å². The maximum atomic E-state index is 6.21. The summed E-state index contributed by atoms with van der Waals surface area (Å²) in [6, 6.07) is 6.73. The van der Waals surface area contributed by atoms with Gasteiger partial charge in [0.15, 0.2) is 0 Å². The third kappa shape index (κ3) is 1.72. The number of benzene rings is 1. The van der Waals surface area contributed by atoms with Gasteiger partial charge in [-0.3, -0.25) is 0 Å². The van der Waals surface area contributed by atoms with Crippen molar-refractivity contribution in [2.45, 2.75) is 12.5 Å². The van der Waals surface area contributed by atoms with Crippen LogP contribution in [0.25, 0.3) is 0 Å². The predicted octanol–water partition coefficient (Wildman–Crippen LogP) is 2.44. The molecule has 76 valence electrons. The minimum absolute atomic E-state index is 0.471. The molecular weight excluding hydrogens is 196 g/mol. The Hall–Kier alpha value is -0.730. The Morgan fingerprint density at radius 1 is 1.43 bits per heavy atom. The predicted molar refractivity (Wildman–Crippen MR) is 61.1 cm³/mol. The molecule has 2 rings (SSSR count). The van der Waals surface area contributed by atoms with E-state index < -0.39 is 0 Å². The van der Waals surface area contributed by atoms with E-state index in [1.54, 1.807) is 0 Å². The van der Waals surface area contributed by atoms with E-state index in [-0.39, 0.29) is 0 Å². The second-order valence-electron chi connectivity index (χ2n) is 3.90. The standard InChI is InChI=1S/C11H15ClN2/c1-14(2)8-3-4-9(10(12)7-8)11-5-6-13-11/h3-4,7,11,13H,5-6H2,1-2H3/t11-/m0/s1. The first-order chi connectivity index (χ1) is 6.68. The highest BCUT2D eigenvalue weighted by atomic mass is 35.5. The Kier molecular flexibility index (Phi) is 2.66. The molecule has 0 aliphatic carbocycles. The van der Waals surface area contributed by atoms with Crippen LogP contribution in [0.2, 0.25) is 5.02 Å². The molecule has 1 aromatic carbocycles. The van der Waals surface area contributed by atoms with Crippen LogP contribution < -0.4 is 10.2 Å². The molecule has 1 saturated heterocycles. The summed E-state index contributed by atoms with van der Waals surface area (Å²) in [4.78, 5) is 2.06. The molecule has 1 aliphatic rings. The van der Waals surface area contributed by atoms with Gasteiger partial charge >= 0.3 is 0 Å². The SMILES string of the molecule is CN(C)c1ccc([C@@H]2CCN2)c(Cl)c1. The van der Waals surface area contributed by atoms with Crippen LogP contribution in [0.3, 0.4) is 0 Å². The molecular formula is C11H15ClN2. The van der Waals surface area contributed by atoms with E-state index in [1.165, 1.54) is 12.0 Å². The van der Waals surface area contributed by atoms with Gasteiger partial charge in [0.2, 0.25) is 0 Å². The molecule has 1 aliphatic heterocycles. The molecule has 0 aromatic heterocycles. The van der Waals surface area contributed by atoms with E-state index in [9.17, 15) is 0 Å². The van der Waals surface area contributed by atoms with Crippen molar-refractivity contribution >= 4 is 17.3 Å². The zero-order valence-corrected chi connectivity index (χ0v) is 9.30. The van der Waals surface area contributed by atoms with Gasteiger partial charge in [-0.05, 0) is 30.7 Å². The summed E-state index contributed by atoms with van der Waals surface area (Å²) in [6.07, 6.45) is 1.20. The van der Waals surface area contributed by atoms with Crippen molar-refractivity contribution in [3.05, 3.63) is 28.8 Å². The maximum absolute atomic E-state index is 6.21. The van der Waals surface area contributed by atoms with E-state index in [0.717, 1.165) is 17.3 Å². The van der Waals surface area contributed by atoms with Crippen LogP contribution >= 0.6 is 11.6 Å². The van der Waals surface area contributed by atoms with Gasteiger partial charge in [0.1, 0.15) is 0 Å². The van der Waals surface area contributed by atoms with Gasteiger partial charge < -0.3 is 10.2 Å². The molecule has 0 bridgehead atoms. The smallest absolute Gasteiger partial charge is 0.0474 e. The van der Waals surface area contributed by atoms with E-state index in [2.05, 4.69) is 22.3 Å². The molecule has 3 heteroatoms. The molecule has 1 fully saturated rings. The third-order valence-electron chi connectivity index (χ3n) is 2.70. The Morgan fingerprint density at radius 3 is 2.57 bits per heavy atom. The molecule has 1 aromatic rings. The molecule has 14 heavy (non-hydrogen) atoms. The number of anilines is 1. The minimum Gasteiger partial charge on any atom is -0.378 e. The second-order valence-corrected chi connectivity index (χ2v) is 4.30. The molecule has 1 atom stereocenters. The normalized spacial score (nSPS) is 20.4. The third-order valence-corrected chi connectivity index (χ3v) is 3.03. The van der Waals surface area contributed by atoms with Crippen molar-refractivity contribution in [3.63, 3.8) is 0 Å². The highest BCUT2D eigenvalue weighted by Gasteiger charge is 2.20. The van der Waals surface area contributed by atoms with Crippen molar-refractivity contribution in [1.82, 2.24) is 5.32 Å². The lowest BCUT2D eigenvalue weighted by Gasteiger charge is -2.29. The van der Waals surface area contributed by atoms with E-state index in [4.69, 9.17) is 11.6 Å². The zero-order chi connectivity index (χ0) is 10.1. The van der Waals surface area contributed by atoms with Crippen LogP contribution in [-0.4, -0.2) is 20.6 Å². The topological polar surface area (TPSA) is 15.3 Å². The van der Waals surface area contributed by atoms with Crippen molar-refractivity contribution in [1.29, 1.82) is 0 Å². The fourth-order valence-corrected chi connectivity index (χ4v) is 1.94. The van der Waals surface area contributed by atoms with Gasteiger partial charge in [0.25, 0.3) is 0 Å².